The van der Waals surface area contributed by atoms with Crippen LogP contribution in [-0.4, -0.2) is 50.0 Å². The second-order valence-corrected chi connectivity index (χ2v) is 8.21. The Hall–Kier alpha value is -4.51. The highest BCUT2D eigenvalue weighted by molar-refractivity contribution is 5.90. The topological polar surface area (TPSA) is 151 Å². The van der Waals surface area contributed by atoms with Crippen molar-refractivity contribution in [2.45, 2.75) is 37.9 Å². The maximum absolute atomic E-state index is 13.1. The van der Waals surface area contributed by atoms with Crippen LogP contribution in [-0.2, 0) is 14.2 Å². The third-order valence-corrected chi connectivity index (χ3v) is 5.98. The lowest BCUT2D eigenvalue weighted by molar-refractivity contribution is -0.0544. The molecular formula is C25H23N5O6. The molecule has 11 nitrogen and oxygen atoms in total. The van der Waals surface area contributed by atoms with Gasteiger partial charge in [0.25, 0.3) is 5.56 Å². The molecule has 1 saturated heterocycles. The van der Waals surface area contributed by atoms with E-state index in [1.165, 1.54) is 11.0 Å². The summed E-state index contributed by atoms with van der Waals surface area (Å²) in [5.74, 6) is -1.24. The SMILES string of the molecule is CC[C@H]1O[C@@H](n2[nH]c(=O)c3c(N)ncnc32)C(OC(=O)c2ccccc2)[C@@H]1OC(=O)c1ccccc1. The molecule has 0 amide bonds. The van der Waals surface area contributed by atoms with Crippen molar-refractivity contribution in [3.05, 3.63) is 88.5 Å². The Balaban J connectivity index is 1.55. The number of esters is 2. The molecule has 2 aromatic heterocycles. The van der Waals surface area contributed by atoms with Gasteiger partial charge in [0, 0.05) is 0 Å². The number of carbonyl (C=O) groups excluding carboxylic acids is 2. The fourth-order valence-corrected chi connectivity index (χ4v) is 4.24. The Morgan fingerprint density at radius 1 is 0.972 bits per heavy atom. The average molecular weight is 489 g/mol. The molecule has 1 unspecified atom stereocenters. The molecule has 11 heteroatoms. The normalized spacial score (nSPS) is 21.4. The number of hydrogen-bond acceptors (Lipinski definition) is 9. The number of aromatic amines is 1. The van der Waals surface area contributed by atoms with Crippen LogP contribution in [0, 0.1) is 0 Å². The smallest absolute Gasteiger partial charge is 0.338 e. The number of hydrogen-bond donors (Lipinski definition) is 2. The van der Waals surface area contributed by atoms with Gasteiger partial charge < -0.3 is 19.9 Å². The van der Waals surface area contributed by atoms with Crippen molar-refractivity contribution in [2.24, 2.45) is 0 Å². The Morgan fingerprint density at radius 2 is 1.56 bits per heavy atom. The van der Waals surface area contributed by atoms with Crippen molar-refractivity contribution < 1.29 is 23.8 Å². The second-order valence-electron chi connectivity index (χ2n) is 8.21. The fraction of sp³-hybridized carbons (Fsp3) is 0.240. The van der Waals surface area contributed by atoms with Gasteiger partial charge in [-0.1, -0.05) is 43.3 Å². The van der Waals surface area contributed by atoms with E-state index in [1.807, 2.05) is 6.92 Å². The van der Waals surface area contributed by atoms with Crippen LogP contribution in [0.15, 0.2) is 71.8 Å². The average Bonchev–Trinajstić information content (AvgIpc) is 3.42. The van der Waals surface area contributed by atoms with E-state index in [1.54, 1.807) is 60.7 Å². The molecule has 5 rings (SSSR count). The number of fused-ring (bicyclic) bond motifs is 1. The Labute approximate surface area is 204 Å². The summed E-state index contributed by atoms with van der Waals surface area (Å²) < 4.78 is 19.2. The zero-order chi connectivity index (χ0) is 25.2. The van der Waals surface area contributed by atoms with E-state index >= 15 is 0 Å². The minimum atomic E-state index is -1.11. The Morgan fingerprint density at radius 3 is 2.14 bits per heavy atom. The van der Waals surface area contributed by atoms with Crippen LogP contribution in [0.2, 0.25) is 0 Å². The maximum atomic E-state index is 13.1. The monoisotopic (exact) mass is 489 g/mol. The van der Waals surface area contributed by atoms with E-state index < -0.39 is 42.0 Å². The number of aromatic nitrogens is 4. The lowest BCUT2D eigenvalue weighted by Crippen LogP contribution is -2.39. The van der Waals surface area contributed by atoms with Crippen LogP contribution in [0.1, 0.15) is 40.3 Å². The van der Waals surface area contributed by atoms with E-state index in [9.17, 15) is 14.4 Å². The molecule has 0 spiro atoms. The summed E-state index contributed by atoms with van der Waals surface area (Å²) in [4.78, 5) is 46.7. The largest absolute Gasteiger partial charge is 0.452 e. The lowest BCUT2D eigenvalue weighted by atomic mass is 10.1. The van der Waals surface area contributed by atoms with Gasteiger partial charge in [0.2, 0.25) is 0 Å². The molecule has 0 bridgehead atoms. The Kier molecular flexibility index (Phi) is 6.21. The van der Waals surface area contributed by atoms with Gasteiger partial charge in [-0.3, -0.25) is 9.89 Å². The molecule has 3 N–H and O–H groups in total. The van der Waals surface area contributed by atoms with E-state index in [2.05, 4.69) is 15.1 Å². The number of carbonyl (C=O) groups is 2. The molecule has 2 aromatic carbocycles. The molecule has 4 atom stereocenters. The van der Waals surface area contributed by atoms with Gasteiger partial charge in [0.1, 0.15) is 23.6 Å². The molecule has 0 aliphatic carbocycles. The molecule has 1 fully saturated rings. The first-order valence-electron chi connectivity index (χ1n) is 11.4. The summed E-state index contributed by atoms with van der Waals surface area (Å²) in [6, 6.07) is 16.9. The molecule has 184 valence electrons. The van der Waals surface area contributed by atoms with Gasteiger partial charge in [-0.15, -0.1) is 0 Å². The molecule has 0 radical (unpaired) electrons. The molecule has 1 aliphatic heterocycles. The number of anilines is 1. The van der Waals surface area contributed by atoms with Crippen molar-refractivity contribution in [1.29, 1.82) is 0 Å². The number of rotatable bonds is 6. The molecular weight excluding hydrogens is 466 g/mol. The number of nitrogens with one attached hydrogen (secondary N) is 1. The third kappa shape index (κ3) is 4.20. The highest BCUT2D eigenvalue weighted by atomic mass is 16.6. The molecule has 36 heavy (non-hydrogen) atoms. The summed E-state index contributed by atoms with van der Waals surface area (Å²) in [6.45, 7) is 1.85. The summed E-state index contributed by atoms with van der Waals surface area (Å²) in [7, 11) is 0. The van der Waals surface area contributed by atoms with E-state index in [-0.39, 0.29) is 16.9 Å². The quantitative estimate of drug-likeness (QED) is 0.389. The second kappa shape index (κ2) is 9.62. The number of benzene rings is 2. The summed E-state index contributed by atoms with van der Waals surface area (Å²) in [5.41, 5.74) is 6.18. The van der Waals surface area contributed by atoms with Crippen LogP contribution in [0.5, 0.6) is 0 Å². The van der Waals surface area contributed by atoms with Crippen molar-refractivity contribution in [1.82, 2.24) is 19.7 Å². The van der Waals surface area contributed by atoms with Crippen molar-refractivity contribution in [3.8, 4) is 0 Å². The van der Waals surface area contributed by atoms with Crippen LogP contribution in [0.4, 0.5) is 5.82 Å². The molecule has 0 saturated carbocycles. The minimum Gasteiger partial charge on any atom is -0.452 e. The van der Waals surface area contributed by atoms with Gasteiger partial charge in [0.15, 0.2) is 24.1 Å². The van der Waals surface area contributed by atoms with Gasteiger partial charge in [-0.25, -0.2) is 24.2 Å². The van der Waals surface area contributed by atoms with Crippen LogP contribution in [0.25, 0.3) is 11.0 Å². The van der Waals surface area contributed by atoms with Crippen molar-refractivity contribution in [3.63, 3.8) is 0 Å². The summed E-state index contributed by atoms with van der Waals surface area (Å²) in [6.07, 6.45) is -2.14. The third-order valence-electron chi connectivity index (χ3n) is 5.98. The number of nitrogens with zero attached hydrogens (tertiary/aromatic N) is 3. The first kappa shape index (κ1) is 23.2. The predicted octanol–water partition coefficient (Wildman–Crippen LogP) is 2.46. The highest BCUT2D eigenvalue weighted by Crippen LogP contribution is 2.37. The van der Waals surface area contributed by atoms with Crippen molar-refractivity contribution in [2.75, 3.05) is 5.73 Å². The van der Waals surface area contributed by atoms with Crippen LogP contribution >= 0.6 is 0 Å². The van der Waals surface area contributed by atoms with Crippen LogP contribution < -0.4 is 11.3 Å². The maximum Gasteiger partial charge on any atom is 0.338 e. The van der Waals surface area contributed by atoms with Crippen molar-refractivity contribution >= 4 is 28.8 Å². The van der Waals surface area contributed by atoms with E-state index in [0.29, 0.717) is 17.5 Å². The molecule has 1 aliphatic rings. The minimum absolute atomic E-state index is 0.00470. The van der Waals surface area contributed by atoms with E-state index in [4.69, 9.17) is 19.9 Å². The zero-order valence-corrected chi connectivity index (χ0v) is 19.2. The van der Waals surface area contributed by atoms with Gasteiger partial charge in [-0.05, 0) is 30.7 Å². The number of H-pyrrole nitrogens is 1. The van der Waals surface area contributed by atoms with Crippen LogP contribution in [0.3, 0.4) is 0 Å². The number of ether oxygens (including phenoxy) is 3. The molecule has 4 aromatic rings. The number of nitrogens with two attached hydrogens (primary N) is 1. The Bertz CT molecular complexity index is 1450. The first-order valence-corrected chi connectivity index (χ1v) is 11.4. The zero-order valence-electron chi connectivity index (χ0n) is 19.2. The molecule has 3 heterocycles. The first-order chi connectivity index (χ1) is 17.5. The van der Waals surface area contributed by atoms with Gasteiger partial charge >= 0.3 is 11.9 Å². The predicted molar refractivity (Wildman–Crippen MR) is 128 cm³/mol. The standard InChI is InChI=1S/C25H23N5O6/c1-2-16-18(35-24(32)14-9-5-3-6-10-14)19(36-25(33)15-11-7-4-8-12-15)23(34-16)30-21-17(22(31)29-30)20(26)27-13-28-21/h3-13,16,18-19,23H,2H2,1H3,(H,29,31)(H2,26,27,28)/t16-,18-,19?,23-/m1/s1. The fourth-order valence-electron chi connectivity index (χ4n) is 4.24. The lowest BCUT2D eigenvalue weighted by Gasteiger charge is -2.24. The number of nitrogen functional groups attached to an aromatic ring is 1. The summed E-state index contributed by atoms with van der Waals surface area (Å²) in [5, 5.41) is 2.73. The summed E-state index contributed by atoms with van der Waals surface area (Å²) >= 11 is 0. The van der Waals surface area contributed by atoms with Gasteiger partial charge in [0.05, 0.1) is 11.1 Å². The van der Waals surface area contributed by atoms with E-state index in [0.717, 1.165) is 0 Å². The highest BCUT2D eigenvalue weighted by Gasteiger charge is 2.51. The van der Waals surface area contributed by atoms with Gasteiger partial charge in [-0.2, -0.15) is 0 Å².